The van der Waals surface area contributed by atoms with E-state index in [0.717, 1.165) is 44.7 Å². The summed E-state index contributed by atoms with van der Waals surface area (Å²) < 4.78 is 73.2. The number of allylic oxidation sites excluding steroid dienone is 1. The Morgan fingerprint density at radius 3 is 1.69 bits per heavy atom. The maximum Gasteiger partial charge on any atom is 0.412 e. The van der Waals surface area contributed by atoms with Crippen molar-refractivity contribution in [2.24, 2.45) is 17.8 Å². The van der Waals surface area contributed by atoms with Gasteiger partial charge in [-0.3, -0.25) is 14.5 Å². The summed E-state index contributed by atoms with van der Waals surface area (Å²) in [6, 6.07) is 42.6. The molecule has 7 fully saturated rings. The third-order valence-electron chi connectivity index (χ3n) is 22.3. The van der Waals surface area contributed by atoms with Crippen LogP contribution in [0.5, 0.6) is 0 Å². The minimum Gasteiger partial charge on any atom is -0.444 e. The SMILES string of the molecule is C=C1CC2/C=C/C(=O)C[C@H]3O[C@H]4[C@@H](O[Si](c5ccccc5)(c5ccccc5)C(C)(C)C)[C@H]5O[C@H](CC[C@@H]5O[C@H]4[C@H]3O[Si](c3ccccc3)(c3ccccc3)C(C)(C)C)CC(=O)CC3[C@H](CC4O[C@@H](CCC1O2)C[C@@H](C)C4=C)O[C@H](C[C@H]1CN(C(=O)OC(C)(C)C)C(C)(C)O1)[C@@H]3C. The van der Waals surface area contributed by atoms with E-state index in [4.69, 9.17) is 46.7 Å². The van der Waals surface area contributed by atoms with Gasteiger partial charge in [0.1, 0.15) is 47.6 Å². The van der Waals surface area contributed by atoms with Crippen molar-refractivity contribution in [1.29, 1.82) is 0 Å². The van der Waals surface area contributed by atoms with Crippen LogP contribution in [-0.4, -0.2) is 149 Å². The van der Waals surface area contributed by atoms with Crippen LogP contribution in [-0.2, 0) is 56.3 Å². The number of ether oxygens (including phenoxy) is 8. The lowest BCUT2D eigenvalue weighted by Gasteiger charge is -2.53. The van der Waals surface area contributed by atoms with Crippen molar-refractivity contribution in [3.8, 4) is 0 Å². The fourth-order valence-corrected chi connectivity index (χ4v) is 26.9. The standard InChI is InChI=1S/C80H107NO13Si2/c1-50-42-57-38-40-65-51(2)43-56(85-65)37-36-54(82)46-70-72(93-95(78(8,9)10,60-28-20-16-21-29-60)61-30-22-17-23-31-61)73-74(90-70)75(94-96(79(11,12)13,62-32-24-18-25-33-62)63-34-26-19-27-35-63)71-66(89-73)41-39-58(87-71)44-55(83)45-64-53(4)67(88-69(64)48-68(86-57)52(50)3)47-59-49-81(80(14,15)91-59)76(84)92-77(5,6)7/h16-37,50,53,56-59,64-75H,2-3,38-49H2,1,4-15H3/b37-36+/t50-,53-,56?,57+,58-,59+,64?,65?,66+,67-,68?,69+,70-,71+,72+,73+,74-,75+/m1/s1. The number of hydrogen-bond donors (Lipinski definition) is 0. The lowest BCUT2D eigenvalue weighted by atomic mass is 9.78. The third-order valence-corrected chi connectivity index (χ3v) is 32.3. The van der Waals surface area contributed by atoms with Crippen LogP contribution in [0.4, 0.5) is 4.79 Å². The highest BCUT2D eigenvalue weighted by Crippen LogP contribution is 2.50. The van der Waals surface area contributed by atoms with E-state index in [1.165, 1.54) is 0 Å². The maximum absolute atomic E-state index is 15.4. The van der Waals surface area contributed by atoms with Gasteiger partial charge >= 0.3 is 6.09 Å². The molecule has 14 nitrogen and oxygen atoms in total. The first-order chi connectivity index (χ1) is 45.5. The summed E-state index contributed by atoms with van der Waals surface area (Å²) in [6.07, 6.45) is 1.54. The molecule has 8 heterocycles. The smallest absolute Gasteiger partial charge is 0.412 e. The predicted octanol–water partition coefficient (Wildman–Crippen LogP) is 12.9. The molecule has 0 saturated carbocycles. The minimum absolute atomic E-state index is 0.0110. The Morgan fingerprint density at radius 1 is 0.583 bits per heavy atom. The van der Waals surface area contributed by atoms with Gasteiger partial charge in [-0.2, -0.15) is 0 Å². The molecule has 0 aliphatic carbocycles. The zero-order valence-electron chi connectivity index (χ0n) is 59.2. The number of carbonyl (C=O) groups excluding carboxylic acids is 3. The summed E-state index contributed by atoms with van der Waals surface area (Å²) in [5.74, 6) is -0.0427. The second-order valence-electron chi connectivity index (χ2n) is 32.6. The van der Waals surface area contributed by atoms with Crippen LogP contribution in [0.1, 0.15) is 161 Å². The van der Waals surface area contributed by atoms with Crippen LogP contribution >= 0.6 is 0 Å². The number of fused-ring (bicyclic) bond motifs is 7. The maximum atomic E-state index is 15.4. The first-order valence-electron chi connectivity index (χ1n) is 35.8. The molecule has 18 atom stereocenters. The summed E-state index contributed by atoms with van der Waals surface area (Å²) in [4.78, 5) is 45.8. The van der Waals surface area contributed by atoms with Gasteiger partial charge in [-0.25, -0.2) is 4.79 Å². The van der Waals surface area contributed by atoms with Gasteiger partial charge in [0.2, 0.25) is 0 Å². The summed E-state index contributed by atoms with van der Waals surface area (Å²) in [6.45, 7) is 37.1. The topological polar surface area (TPSA) is 147 Å². The van der Waals surface area contributed by atoms with Crippen LogP contribution in [0.2, 0.25) is 10.1 Å². The van der Waals surface area contributed by atoms with Crippen LogP contribution in [0.15, 0.2) is 158 Å². The van der Waals surface area contributed by atoms with Crippen molar-refractivity contribution in [2.45, 2.75) is 274 Å². The quantitative estimate of drug-likeness (QED) is 0.110. The van der Waals surface area contributed by atoms with Crippen molar-refractivity contribution in [2.75, 3.05) is 6.54 Å². The number of carbonyl (C=O) groups is 3. The Bertz CT molecular complexity index is 3340. The Hall–Kier alpha value is -5.22. The number of Topliss-reactive ketones (excluding diaryl/α,β-unsaturated/α-hetero) is 1. The molecule has 0 aromatic heterocycles. The molecule has 7 saturated heterocycles. The molecule has 4 unspecified atom stereocenters. The lowest BCUT2D eigenvalue weighted by molar-refractivity contribution is -0.254. The summed E-state index contributed by atoms with van der Waals surface area (Å²) in [7, 11) is -6.79. The van der Waals surface area contributed by atoms with Crippen LogP contribution in [0.25, 0.3) is 0 Å². The second-order valence-corrected chi connectivity index (χ2v) is 41.1. The van der Waals surface area contributed by atoms with E-state index in [1.54, 1.807) is 11.0 Å². The average Bonchev–Trinajstić information content (AvgIpc) is 1.36. The van der Waals surface area contributed by atoms with Gasteiger partial charge in [0.05, 0.1) is 67.6 Å². The monoisotopic (exact) mass is 1350 g/mol. The number of hydrogen-bond acceptors (Lipinski definition) is 13. The molecule has 518 valence electrons. The Kier molecular flexibility index (Phi) is 20.7. The largest absolute Gasteiger partial charge is 0.444 e. The van der Waals surface area contributed by atoms with Crippen LogP contribution < -0.4 is 20.7 Å². The average molecular weight is 1350 g/mol. The first kappa shape index (κ1) is 70.6. The molecule has 4 aromatic rings. The molecule has 96 heavy (non-hydrogen) atoms. The zero-order valence-corrected chi connectivity index (χ0v) is 61.2. The van der Waals surface area contributed by atoms with Gasteiger partial charge in [-0.1, -0.05) is 196 Å². The van der Waals surface area contributed by atoms with E-state index in [0.29, 0.717) is 45.1 Å². The van der Waals surface area contributed by atoms with Gasteiger partial charge in [0, 0.05) is 38.5 Å². The zero-order chi connectivity index (χ0) is 68.3. The van der Waals surface area contributed by atoms with Crippen LogP contribution in [0, 0.1) is 17.8 Å². The van der Waals surface area contributed by atoms with E-state index in [-0.39, 0.29) is 91.3 Å². The fourth-order valence-electron chi connectivity index (χ4n) is 17.5. The molecule has 12 rings (SSSR count). The number of amides is 1. The van der Waals surface area contributed by atoms with Crippen molar-refractivity contribution in [3.05, 3.63) is 158 Å². The van der Waals surface area contributed by atoms with Crippen molar-refractivity contribution in [1.82, 2.24) is 4.90 Å². The fraction of sp³-hybridized carbons (Fsp3) is 0.588. The molecule has 0 N–H and O–H groups in total. The number of nitrogens with zero attached hydrogens (tertiary/aromatic N) is 1. The molecular formula is C80H107NO13Si2. The molecule has 0 radical (unpaired) electrons. The van der Waals surface area contributed by atoms with E-state index in [2.05, 4.69) is 190 Å². The first-order valence-corrected chi connectivity index (χ1v) is 39.6. The van der Waals surface area contributed by atoms with E-state index < -0.39 is 93.0 Å². The third kappa shape index (κ3) is 14.4. The second kappa shape index (κ2) is 28.1. The normalized spacial score (nSPS) is 34.4. The molecule has 0 spiro atoms. The van der Waals surface area contributed by atoms with Crippen LogP contribution in [0.3, 0.4) is 0 Å². The summed E-state index contributed by atoms with van der Waals surface area (Å²) >= 11 is 0. The molecular weight excluding hydrogens is 1240 g/mol. The lowest BCUT2D eigenvalue weighted by Crippen LogP contribution is -2.73. The number of ketones is 2. The van der Waals surface area contributed by atoms with Gasteiger partial charge in [0.25, 0.3) is 16.6 Å². The highest BCUT2D eigenvalue weighted by molar-refractivity contribution is 7.00. The molecule has 1 amide bonds. The van der Waals surface area contributed by atoms with E-state index >= 15 is 9.59 Å². The highest BCUT2D eigenvalue weighted by Gasteiger charge is 2.65. The van der Waals surface area contributed by atoms with Gasteiger partial charge in [-0.05, 0) is 133 Å². The molecule has 8 aliphatic heterocycles. The Balaban J connectivity index is 0.937. The molecule has 8 bridgehead atoms. The van der Waals surface area contributed by atoms with Crippen molar-refractivity contribution < 1.29 is 61.1 Å². The highest BCUT2D eigenvalue weighted by atomic mass is 28.4. The van der Waals surface area contributed by atoms with Crippen molar-refractivity contribution in [3.63, 3.8) is 0 Å². The van der Waals surface area contributed by atoms with Gasteiger partial charge < -0.3 is 46.7 Å². The molecule has 8 aliphatic rings. The molecule has 16 heteroatoms. The van der Waals surface area contributed by atoms with Gasteiger partial charge in [0.15, 0.2) is 5.78 Å². The summed E-state index contributed by atoms with van der Waals surface area (Å²) in [5.41, 5.74) is 0.461. The minimum atomic E-state index is -3.42. The number of rotatable bonds is 10. The van der Waals surface area contributed by atoms with E-state index in [1.807, 2.05) is 40.7 Å². The Labute approximate surface area is 573 Å². The predicted molar refractivity (Wildman–Crippen MR) is 379 cm³/mol. The summed E-state index contributed by atoms with van der Waals surface area (Å²) in [5, 5.41) is 3.54. The Morgan fingerprint density at radius 2 is 1.12 bits per heavy atom. The molecule has 4 aromatic carbocycles. The van der Waals surface area contributed by atoms with Crippen molar-refractivity contribution >= 4 is 55.0 Å². The number of benzene rings is 4. The van der Waals surface area contributed by atoms with Gasteiger partial charge in [-0.15, -0.1) is 0 Å². The van der Waals surface area contributed by atoms with E-state index in [9.17, 15) is 4.79 Å².